The molecule has 2 aromatic rings. The zero-order valence-electron chi connectivity index (χ0n) is 13.3. The molecule has 0 bridgehead atoms. The van der Waals surface area contributed by atoms with Gasteiger partial charge in [0.15, 0.2) is 0 Å². The Hall–Kier alpha value is -1.85. The summed E-state index contributed by atoms with van der Waals surface area (Å²) in [5.41, 5.74) is 1.04. The van der Waals surface area contributed by atoms with E-state index in [2.05, 4.69) is 0 Å². The molecule has 6 heteroatoms. The largest absolute Gasteiger partial charge is 0.497 e. The number of thioether (sulfide) groups is 1. The minimum absolute atomic E-state index is 0.00401. The lowest BCUT2D eigenvalue weighted by Crippen LogP contribution is -2.32. The van der Waals surface area contributed by atoms with Crippen LogP contribution < -0.4 is 9.47 Å². The van der Waals surface area contributed by atoms with Gasteiger partial charge in [-0.25, -0.2) is 0 Å². The summed E-state index contributed by atoms with van der Waals surface area (Å²) in [4.78, 5) is 14.0. The van der Waals surface area contributed by atoms with Crippen molar-refractivity contribution in [3.05, 3.63) is 59.1 Å². The predicted octanol–water partition coefficient (Wildman–Crippen LogP) is 4.00. The number of carbonyl (C=O) groups excluding carboxylic acids is 1. The maximum absolute atomic E-state index is 12.2. The van der Waals surface area contributed by atoms with Gasteiger partial charge in [0.25, 0.3) is 0 Å². The Morgan fingerprint density at radius 3 is 2.67 bits per heavy atom. The van der Waals surface area contributed by atoms with Crippen LogP contribution in [-0.4, -0.2) is 36.8 Å². The Labute approximate surface area is 150 Å². The Balaban J connectivity index is 1.60. The van der Waals surface area contributed by atoms with Gasteiger partial charge in [-0.1, -0.05) is 23.7 Å². The molecule has 2 aromatic carbocycles. The van der Waals surface area contributed by atoms with E-state index >= 15 is 0 Å². The SMILES string of the molecule is COc1ccc(OCCN2C(=O)CSC2c2cccc(Cl)c2)cc1. The van der Waals surface area contributed by atoms with Crippen molar-refractivity contribution in [3.8, 4) is 11.5 Å². The normalized spacial score (nSPS) is 17.2. The van der Waals surface area contributed by atoms with E-state index in [0.717, 1.165) is 17.1 Å². The highest BCUT2D eigenvalue weighted by Gasteiger charge is 2.32. The average Bonchev–Trinajstić information content (AvgIpc) is 2.96. The van der Waals surface area contributed by atoms with Gasteiger partial charge in [0, 0.05) is 5.02 Å². The monoisotopic (exact) mass is 363 g/mol. The number of carbonyl (C=O) groups is 1. The van der Waals surface area contributed by atoms with Crippen LogP contribution in [0, 0.1) is 0 Å². The van der Waals surface area contributed by atoms with Crippen molar-refractivity contribution in [2.24, 2.45) is 0 Å². The average molecular weight is 364 g/mol. The summed E-state index contributed by atoms with van der Waals surface area (Å²) in [6.45, 7) is 0.977. The van der Waals surface area contributed by atoms with Crippen LogP contribution in [0.25, 0.3) is 0 Å². The number of benzene rings is 2. The number of hydrogen-bond donors (Lipinski definition) is 0. The minimum Gasteiger partial charge on any atom is -0.497 e. The maximum Gasteiger partial charge on any atom is 0.233 e. The van der Waals surface area contributed by atoms with Crippen LogP contribution in [0.1, 0.15) is 10.9 Å². The third kappa shape index (κ3) is 3.97. The van der Waals surface area contributed by atoms with E-state index in [1.165, 1.54) is 0 Å². The summed E-state index contributed by atoms with van der Waals surface area (Å²) >= 11 is 7.69. The third-order valence-electron chi connectivity index (χ3n) is 3.76. The first-order chi connectivity index (χ1) is 11.7. The zero-order chi connectivity index (χ0) is 16.9. The standard InChI is InChI=1S/C18H18ClNO3S/c1-22-15-5-7-16(8-6-15)23-10-9-20-17(21)12-24-18(20)13-3-2-4-14(19)11-13/h2-8,11,18H,9-10,12H2,1H3. The highest BCUT2D eigenvalue weighted by molar-refractivity contribution is 8.00. The first-order valence-corrected chi connectivity index (χ1v) is 9.03. The van der Waals surface area contributed by atoms with Crippen molar-refractivity contribution in [1.82, 2.24) is 4.90 Å². The first kappa shape index (κ1) is 17.0. The van der Waals surface area contributed by atoms with Gasteiger partial charge in [-0.3, -0.25) is 4.79 Å². The van der Waals surface area contributed by atoms with Gasteiger partial charge in [-0.2, -0.15) is 0 Å². The number of hydrogen-bond acceptors (Lipinski definition) is 4. The zero-order valence-corrected chi connectivity index (χ0v) is 14.8. The summed E-state index contributed by atoms with van der Waals surface area (Å²) in [6, 6.07) is 15.1. The molecule has 0 N–H and O–H groups in total. The summed E-state index contributed by atoms with van der Waals surface area (Å²) in [7, 11) is 1.63. The second-order valence-electron chi connectivity index (χ2n) is 5.33. The molecule has 0 aliphatic carbocycles. The van der Waals surface area contributed by atoms with Gasteiger partial charge in [0.1, 0.15) is 23.5 Å². The first-order valence-electron chi connectivity index (χ1n) is 7.61. The maximum atomic E-state index is 12.2. The van der Waals surface area contributed by atoms with Gasteiger partial charge in [0.05, 0.1) is 19.4 Å². The van der Waals surface area contributed by atoms with Crippen molar-refractivity contribution >= 4 is 29.3 Å². The topological polar surface area (TPSA) is 38.8 Å². The van der Waals surface area contributed by atoms with Gasteiger partial charge >= 0.3 is 0 Å². The number of ether oxygens (including phenoxy) is 2. The summed E-state index contributed by atoms with van der Waals surface area (Å²) in [6.07, 6.45) is 0. The molecular weight excluding hydrogens is 346 g/mol. The molecule has 1 fully saturated rings. The highest BCUT2D eigenvalue weighted by Crippen LogP contribution is 2.39. The van der Waals surface area contributed by atoms with Gasteiger partial charge in [-0.15, -0.1) is 11.8 Å². The molecular formula is C18H18ClNO3S. The number of rotatable bonds is 6. The Morgan fingerprint density at radius 1 is 1.21 bits per heavy atom. The summed E-state index contributed by atoms with van der Waals surface area (Å²) in [5.74, 6) is 2.16. The molecule has 126 valence electrons. The van der Waals surface area contributed by atoms with Crippen molar-refractivity contribution in [2.45, 2.75) is 5.37 Å². The summed E-state index contributed by atoms with van der Waals surface area (Å²) < 4.78 is 10.9. The molecule has 1 unspecified atom stereocenters. The molecule has 0 aromatic heterocycles. The van der Waals surface area contributed by atoms with Crippen molar-refractivity contribution in [2.75, 3.05) is 26.0 Å². The van der Waals surface area contributed by atoms with E-state index in [-0.39, 0.29) is 11.3 Å². The number of amides is 1. The van der Waals surface area contributed by atoms with E-state index in [9.17, 15) is 4.79 Å². The molecule has 1 aliphatic rings. The fraction of sp³-hybridized carbons (Fsp3) is 0.278. The Bertz CT molecular complexity index is 708. The van der Waals surface area contributed by atoms with E-state index in [1.54, 1.807) is 18.9 Å². The molecule has 3 rings (SSSR count). The van der Waals surface area contributed by atoms with Crippen LogP contribution in [0.2, 0.25) is 5.02 Å². The molecule has 0 radical (unpaired) electrons. The van der Waals surface area contributed by atoms with E-state index in [0.29, 0.717) is 23.9 Å². The van der Waals surface area contributed by atoms with Gasteiger partial charge in [-0.05, 0) is 42.0 Å². The molecule has 1 amide bonds. The van der Waals surface area contributed by atoms with Crippen molar-refractivity contribution in [3.63, 3.8) is 0 Å². The van der Waals surface area contributed by atoms with Crippen LogP contribution in [0.3, 0.4) is 0 Å². The van der Waals surface area contributed by atoms with Crippen molar-refractivity contribution in [1.29, 1.82) is 0 Å². The number of halogens is 1. The molecule has 1 atom stereocenters. The molecule has 4 nitrogen and oxygen atoms in total. The second-order valence-corrected chi connectivity index (χ2v) is 6.83. The van der Waals surface area contributed by atoms with Crippen LogP contribution >= 0.6 is 23.4 Å². The van der Waals surface area contributed by atoms with E-state index in [1.807, 2.05) is 53.4 Å². The number of nitrogens with zero attached hydrogens (tertiary/aromatic N) is 1. The van der Waals surface area contributed by atoms with E-state index in [4.69, 9.17) is 21.1 Å². The van der Waals surface area contributed by atoms with Crippen LogP contribution in [0.5, 0.6) is 11.5 Å². The van der Waals surface area contributed by atoms with Crippen molar-refractivity contribution < 1.29 is 14.3 Å². The Kier molecular flexibility index (Phi) is 5.53. The molecule has 1 heterocycles. The fourth-order valence-corrected chi connectivity index (χ4v) is 3.97. The lowest BCUT2D eigenvalue weighted by Gasteiger charge is -2.24. The minimum atomic E-state index is -0.00401. The quantitative estimate of drug-likeness (QED) is 0.777. The van der Waals surface area contributed by atoms with Crippen LogP contribution in [-0.2, 0) is 4.79 Å². The van der Waals surface area contributed by atoms with Gasteiger partial charge < -0.3 is 14.4 Å². The molecule has 1 saturated heterocycles. The number of methoxy groups -OCH3 is 1. The van der Waals surface area contributed by atoms with Crippen LogP contribution in [0.4, 0.5) is 0 Å². The lowest BCUT2D eigenvalue weighted by atomic mass is 10.2. The molecule has 0 spiro atoms. The molecule has 1 aliphatic heterocycles. The highest BCUT2D eigenvalue weighted by atomic mass is 35.5. The van der Waals surface area contributed by atoms with E-state index < -0.39 is 0 Å². The summed E-state index contributed by atoms with van der Waals surface area (Å²) in [5, 5.41) is 0.678. The fourth-order valence-electron chi connectivity index (χ4n) is 2.57. The lowest BCUT2D eigenvalue weighted by molar-refractivity contribution is -0.128. The second kappa shape index (κ2) is 7.81. The smallest absolute Gasteiger partial charge is 0.233 e. The van der Waals surface area contributed by atoms with Crippen LogP contribution in [0.15, 0.2) is 48.5 Å². The molecule has 24 heavy (non-hydrogen) atoms. The predicted molar refractivity (Wildman–Crippen MR) is 96.9 cm³/mol. The Morgan fingerprint density at radius 2 is 1.96 bits per heavy atom. The molecule has 0 saturated carbocycles. The van der Waals surface area contributed by atoms with Gasteiger partial charge in [0.2, 0.25) is 5.91 Å². The third-order valence-corrected chi connectivity index (χ3v) is 5.25.